The van der Waals surface area contributed by atoms with Crippen LogP contribution in [0.15, 0.2) is 42.5 Å². The van der Waals surface area contributed by atoms with E-state index < -0.39 is 17.5 Å². The van der Waals surface area contributed by atoms with Crippen molar-refractivity contribution in [1.29, 1.82) is 0 Å². The molecule has 1 aliphatic rings. The maximum Gasteiger partial charge on any atom is 0.258 e. The predicted octanol–water partition coefficient (Wildman–Crippen LogP) is 2.55. The fraction of sp³-hybridized carbons (Fsp3) is 0.263. The third kappa shape index (κ3) is 5.02. The number of nitrogens with one attached hydrogen (secondary N) is 2. The van der Waals surface area contributed by atoms with E-state index in [9.17, 15) is 18.4 Å². The highest BCUT2D eigenvalue weighted by atomic mass is 19.2. The minimum atomic E-state index is -1.04. The Bertz CT molecular complexity index is 822. The molecule has 0 radical (unpaired) electrons. The van der Waals surface area contributed by atoms with E-state index in [1.54, 1.807) is 24.3 Å². The Morgan fingerprint density at radius 1 is 1.08 bits per heavy atom. The molecule has 7 heteroatoms. The minimum absolute atomic E-state index is 0.0674. The predicted molar refractivity (Wildman–Crippen MR) is 90.6 cm³/mol. The second-order valence-electron chi connectivity index (χ2n) is 6.09. The molecule has 1 saturated carbocycles. The van der Waals surface area contributed by atoms with Gasteiger partial charge in [-0.3, -0.25) is 9.59 Å². The molecule has 2 aromatic carbocycles. The molecular weight excluding hydrogens is 342 g/mol. The zero-order chi connectivity index (χ0) is 18.5. The second kappa shape index (κ2) is 7.95. The smallest absolute Gasteiger partial charge is 0.258 e. The number of carbonyl (C=O) groups is 2. The molecule has 1 aliphatic carbocycles. The third-order valence-corrected chi connectivity index (χ3v) is 3.85. The van der Waals surface area contributed by atoms with Gasteiger partial charge in [0.25, 0.3) is 11.8 Å². The van der Waals surface area contributed by atoms with Crippen molar-refractivity contribution in [3.8, 4) is 5.75 Å². The van der Waals surface area contributed by atoms with Crippen LogP contribution >= 0.6 is 0 Å². The van der Waals surface area contributed by atoms with Crippen molar-refractivity contribution < 1.29 is 23.1 Å². The lowest BCUT2D eigenvalue weighted by atomic mass is 10.1. The lowest BCUT2D eigenvalue weighted by Crippen LogP contribution is -2.29. The normalized spacial score (nSPS) is 13.2. The average molecular weight is 360 g/mol. The van der Waals surface area contributed by atoms with Gasteiger partial charge >= 0.3 is 0 Å². The largest absolute Gasteiger partial charge is 0.484 e. The molecule has 0 bridgehead atoms. The highest BCUT2D eigenvalue weighted by molar-refractivity contribution is 5.94. The molecule has 0 atom stereocenters. The van der Waals surface area contributed by atoms with Crippen molar-refractivity contribution in [3.63, 3.8) is 0 Å². The molecular formula is C19H18F2N2O3. The maximum absolute atomic E-state index is 13.1. The van der Waals surface area contributed by atoms with E-state index in [1.807, 2.05) is 0 Å². The Morgan fingerprint density at radius 2 is 1.88 bits per heavy atom. The number of halogens is 2. The number of hydrogen-bond acceptors (Lipinski definition) is 3. The van der Waals surface area contributed by atoms with Gasteiger partial charge < -0.3 is 15.4 Å². The molecule has 26 heavy (non-hydrogen) atoms. The van der Waals surface area contributed by atoms with Crippen molar-refractivity contribution in [2.75, 3.05) is 6.61 Å². The van der Waals surface area contributed by atoms with Crippen molar-refractivity contribution in [2.45, 2.75) is 25.4 Å². The first-order valence-electron chi connectivity index (χ1n) is 8.25. The summed E-state index contributed by atoms with van der Waals surface area (Å²) in [6.45, 7) is -0.0998. The van der Waals surface area contributed by atoms with E-state index >= 15 is 0 Å². The van der Waals surface area contributed by atoms with Gasteiger partial charge in [-0.2, -0.15) is 0 Å². The van der Waals surface area contributed by atoms with Gasteiger partial charge in [0.05, 0.1) is 0 Å². The number of amides is 2. The standard InChI is InChI=1S/C19H18F2N2O3/c20-16-7-6-15(9-17(16)21)26-11-18(24)22-10-12-2-1-3-13(8-12)19(25)23-14-4-5-14/h1-3,6-9,14H,4-5,10-11H2,(H,22,24)(H,23,25). The Kier molecular flexibility index (Phi) is 5.46. The Hall–Kier alpha value is -2.96. The van der Waals surface area contributed by atoms with Crippen LogP contribution in [0, 0.1) is 11.6 Å². The summed E-state index contributed by atoms with van der Waals surface area (Å²) >= 11 is 0. The van der Waals surface area contributed by atoms with Gasteiger partial charge in [-0.1, -0.05) is 12.1 Å². The first kappa shape index (κ1) is 17.8. The summed E-state index contributed by atoms with van der Waals surface area (Å²) in [5.41, 5.74) is 1.32. The summed E-state index contributed by atoms with van der Waals surface area (Å²) in [6.07, 6.45) is 2.03. The van der Waals surface area contributed by atoms with Gasteiger partial charge in [0.2, 0.25) is 0 Å². The van der Waals surface area contributed by atoms with Crippen molar-refractivity contribution in [3.05, 3.63) is 65.2 Å². The van der Waals surface area contributed by atoms with E-state index in [4.69, 9.17) is 4.74 Å². The van der Waals surface area contributed by atoms with Gasteiger partial charge in [-0.25, -0.2) is 8.78 Å². The van der Waals surface area contributed by atoms with Gasteiger partial charge in [0.1, 0.15) is 5.75 Å². The summed E-state index contributed by atoms with van der Waals surface area (Å²) in [5, 5.41) is 5.56. The van der Waals surface area contributed by atoms with Crippen LogP contribution in [0.1, 0.15) is 28.8 Å². The molecule has 0 unspecified atom stereocenters. The molecule has 0 saturated heterocycles. The number of benzene rings is 2. The average Bonchev–Trinajstić information content (AvgIpc) is 3.45. The molecule has 0 aromatic heterocycles. The van der Waals surface area contributed by atoms with Crippen LogP contribution in [0.2, 0.25) is 0 Å². The van der Waals surface area contributed by atoms with Gasteiger partial charge in [0.15, 0.2) is 18.2 Å². The van der Waals surface area contributed by atoms with Gasteiger partial charge in [-0.15, -0.1) is 0 Å². The summed E-state index contributed by atoms with van der Waals surface area (Å²) in [4.78, 5) is 23.9. The number of rotatable bonds is 7. The molecule has 136 valence electrons. The van der Waals surface area contributed by atoms with Crippen LogP contribution in [0.3, 0.4) is 0 Å². The van der Waals surface area contributed by atoms with E-state index in [1.165, 1.54) is 6.07 Å². The molecule has 3 rings (SSSR count). The van der Waals surface area contributed by atoms with Crippen molar-refractivity contribution >= 4 is 11.8 Å². The number of carbonyl (C=O) groups excluding carboxylic acids is 2. The Labute approximate surface area is 149 Å². The van der Waals surface area contributed by atoms with Gasteiger partial charge in [-0.05, 0) is 42.7 Å². The summed E-state index contributed by atoms with van der Waals surface area (Å²) in [6, 6.07) is 10.3. The molecule has 0 spiro atoms. The number of hydrogen-bond donors (Lipinski definition) is 2. The van der Waals surface area contributed by atoms with Gasteiger partial charge in [0, 0.05) is 24.2 Å². The zero-order valence-corrected chi connectivity index (χ0v) is 13.9. The Balaban J connectivity index is 1.47. The molecule has 2 amide bonds. The SMILES string of the molecule is O=C(COc1ccc(F)c(F)c1)NCc1cccc(C(=O)NC2CC2)c1. The number of ether oxygens (including phenoxy) is 1. The summed E-state index contributed by atoms with van der Waals surface area (Å²) in [7, 11) is 0. The molecule has 5 nitrogen and oxygen atoms in total. The van der Waals surface area contributed by atoms with E-state index in [2.05, 4.69) is 10.6 Å². The lowest BCUT2D eigenvalue weighted by molar-refractivity contribution is -0.123. The summed E-state index contributed by atoms with van der Waals surface area (Å²) in [5.74, 6) is -2.49. The highest BCUT2D eigenvalue weighted by Gasteiger charge is 2.23. The topological polar surface area (TPSA) is 67.4 Å². The Morgan fingerprint density at radius 3 is 2.62 bits per heavy atom. The second-order valence-corrected chi connectivity index (χ2v) is 6.09. The zero-order valence-electron chi connectivity index (χ0n) is 13.9. The van der Waals surface area contributed by atoms with Crippen LogP contribution < -0.4 is 15.4 Å². The van der Waals surface area contributed by atoms with E-state index in [-0.39, 0.29) is 30.9 Å². The van der Waals surface area contributed by atoms with Crippen molar-refractivity contribution in [2.24, 2.45) is 0 Å². The highest BCUT2D eigenvalue weighted by Crippen LogP contribution is 2.19. The van der Waals surface area contributed by atoms with E-state index in [0.717, 1.165) is 30.5 Å². The quantitative estimate of drug-likeness (QED) is 0.797. The molecule has 0 heterocycles. The fourth-order valence-corrected chi connectivity index (χ4v) is 2.29. The molecule has 0 aliphatic heterocycles. The third-order valence-electron chi connectivity index (χ3n) is 3.85. The van der Waals surface area contributed by atoms with Crippen LogP contribution in [0.25, 0.3) is 0 Å². The van der Waals surface area contributed by atoms with Crippen molar-refractivity contribution in [1.82, 2.24) is 10.6 Å². The lowest BCUT2D eigenvalue weighted by Gasteiger charge is -2.09. The molecule has 2 aromatic rings. The first-order valence-corrected chi connectivity index (χ1v) is 8.25. The maximum atomic E-state index is 13.1. The summed E-state index contributed by atoms with van der Waals surface area (Å²) < 4.78 is 31.0. The van der Waals surface area contributed by atoms with E-state index in [0.29, 0.717) is 5.56 Å². The first-order chi connectivity index (χ1) is 12.5. The van der Waals surface area contributed by atoms with Crippen LogP contribution in [-0.2, 0) is 11.3 Å². The monoisotopic (exact) mass is 360 g/mol. The van der Waals surface area contributed by atoms with Crippen LogP contribution in [0.5, 0.6) is 5.75 Å². The fourth-order valence-electron chi connectivity index (χ4n) is 2.29. The van der Waals surface area contributed by atoms with Crippen LogP contribution in [0.4, 0.5) is 8.78 Å². The molecule has 1 fully saturated rings. The van der Waals surface area contributed by atoms with Crippen LogP contribution in [-0.4, -0.2) is 24.5 Å². The minimum Gasteiger partial charge on any atom is -0.484 e. The molecule has 2 N–H and O–H groups in total.